The van der Waals surface area contributed by atoms with E-state index in [2.05, 4.69) is 34.2 Å². The summed E-state index contributed by atoms with van der Waals surface area (Å²) in [5.74, 6) is 0. The second kappa shape index (κ2) is 9.83. The molecule has 4 heteroatoms. The summed E-state index contributed by atoms with van der Waals surface area (Å²) in [4.78, 5) is 0. The van der Waals surface area contributed by atoms with Gasteiger partial charge in [-0.3, -0.25) is 5.01 Å². The van der Waals surface area contributed by atoms with Crippen LogP contribution < -0.4 is 9.58 Å². The maximum Gasteiger partial charge on any atom is 0.169 e. The highest BCUT2D eigenvalue weighted by Crippen LogP contribution is 2.10. The maximum atomic E-state index is 5.50. The van der Waals surface area contributed by atoms with Gasteiger partial charge in [-0.05, 0) is 18.6 Å². The number of para-hydroxylation sites is 1. The Kier molecular flexibility index (Phi) is 7.38. The number of aryl methyl sites for hydroxylation is 1. The third-order valence-electron chi connectivity index (χ3n) is 3.80. The SMILES string of the molecule is [B]CCCCCC[n+]1ccc(/C=N/N(C)c2ccccc2)cc1. The van der Waals surface area contributed by atoms with Crippen LogP contribution in [-0.4, -0.2) is 21.1 Å². The fourth-order valence-electron chi connectivity index (χ4n) is 2.36. The van der Waals surface area contributed by atoms with Crippen LogP contribution in [-0.2, 0) is 6.54 Å². The number of rotatable bonds is 9. The largest absolute Gasteiger partial charge is 0.269 e. The highest BCUT2D eigenvalue weighted by molar-refractivity contribution is 6.08. The van der Waals surface area contributed by atoms with Crippen molar-refractivity contribution in [2.24, 2.45) is 5.10 Å². The summed E-state index contributed by atoms with van der Waals surface area (Å²) in [7, 11) is 7.46. The number of hydrazone groups is 1. The second-order valence-corrected chi connectivity index (χ2v) is 5.68. The van der Waals surface area contributed by atoms with Gasteiger partial charge in [-0.2, -0.15) is 5.10 Å². The summed E-state index contributed by atoms with van der Waals surface area (Å²) < 4.78 is 2.22. The summed E-state index contributed by atoms with van der Waals surface area (Å²) in [5.41, 5.74) is 2.18. The molecule has 0 aliphatic carbocycles. The van der Waals surface area contributed by atoms with Gasteiger partial charge in [0.15, 0.2) is 12.4 Å². The molecule has 2 aromatic rings. The molecule has 0 N–H and O–H groups in total. The Morgan fingerprint density at radius 1 is 1.00 bits per heavy atom. The number of nitrogens with zero attached hydrogens (tertiary/aromatic N) is 3. The van der Waals surface area contributed by atoms with E-state index in [1.807, 2.05) is 48.6 Å². The van der Waals surface area contributed by atoms with Gasteiger partial charge in [0.05, 0.1) is 19.7 Å². The number of pyridine rings is 1. The number of hydrogen-bond acceptors (Lipinski definition) is 2. The molecular weight excluding hydrogens is 281 g/mol. The lowest BCUT2D eigenvalue weighted by molar-refractivity contribution is -0.697. The van der Waals surface area contributed by atoms with Crippen LogP contribution in [0.5, 0.6) is 0 Å². The second-order valence-electron chi connectivity index (χ2n) is 5.68. The molecule has 1 aromatic carbocycles. The minimum Gasteiger partial charge on any atom is -0.269 e. The highest BCUT2D eigenvalue weighted by Gasteiger charge is 2.00. The summed E-state index contributed by atoms with van der Waals surface area (Å²) in [6.45, 7) is 1.06. The third-order valence-corrected chi connectivity index (χ3v) is 3.80. The van der Waals surface area contributed by atoms with E-state index >= 15 is 0 Å². The maximum absolute atomic E-state index is 5.50. The molecule has 1 heterocycles. The van der Waals surface area contributed by atoms with Crippen molar-refractivity contribution in [3.8, 4) is 0 Å². The number of anilines is 1. The van der Waals surface area contributed by atoms with Gasteiger partial charge >= 0.3 is 0 Å². The van der Waals surface area contributed by atoms with Gasteiger partial charge in [-0.1, -0.05) is 37.4 Å². The molecule has 0 fully saturated rings. The molecule has 1 aromatic heterocycles. The Balaban J connectivity index is 1.81. The van der Waals surface area contributed by atoms with Crippen molar-refractivity contribution in [2.45, 2.75) is 38.5 Å². The zero-order chi connectivity index (χ0) is 16.3. The van der Waals surface area contributed by atoms with Crippen molar-refractivity contribution in [1.29, 1.82) is 0 Å². The van der Waals surface area contributed by atoms with Gasteiger partial charge in [0, 0.05) is 31.2 Å². The molecule has 0 amide bonds. The third kappa shape index (κ3) is 6.27. The van der Waals surface area contributed by atoms with E-state index in [0.717, 1.165) is 30.5 Å². The van der Waals surface area contributed by atoms with Crippen LogP contribution in [0.2, 0.25) is 6.32 Å². The number of benzene rings is 1. The molecule has 0 atom stereocenters. The van der Waals surface area contributed by atoms with Crippen LogP contribution in [0.4, 0.5) is 5.69 Å². The molecule has 0 spiro atoms. The standard InChI is InChI=1S/C19H25BN3/c1-22(19-9-5-4-6-10-19)21-17-18-11-15-23(16-12-18)14-8-3-2-7-13-20/h4-6,9-12,15-17H,2-3,7-8,13-14H2,1H3/q+1. The molecule has 0 unspecified atom stereocenters. The topological polar surface area (TPSA) is 19.5 Å². The van der Waals surface area contributed by atoms with E-state index in [1.165, 1.54) is 19.3 Å². The van der Waals surface area contributed by atoms with Gasteiger partial charge in [-0.15, -0.1) is 0 Å². The Labute approximate surface area is 141 Å². The fraction of sp³-hybridized carbons (Fsp3) is 0.368. The molecule has 2 radical (unpaired) electrons. The van der Waals surface area contributed by atoms with Gasteiger partial charge < -0.3 is 0 Å². The zero-order valence-electron chi connectivity index (χ0n) is 13.9. The Hall–Kier alpha value is -2.10. The van der Waals surface area contributed by atoms with E-state index < -0.39 is 0 Å². The van der Waals surface area contributed by atoms with Crippen molar-refractivity contribution in [1.82, 2.24) is 0 Å². The molecule has 0 aliphatic rings. The minimum atomic E-state index is 0.804. The number of aromatic nitrogens is 1. The first-order chi connectivity index (χ1) is 11.3. The van der Waals surface area contributed by atoms with Crippen molar-refractivity contribution in [2.75, 3.05) is 12.1 Å². The lowest BCUT2D eigenvalue weighted by Gasteiger charge is -2.11. The smallest absolute Gasteiger partial charge is 0.169 e. The Bertz CT molecular complexity index is 581. The first kappa shape index (κ1) is 17.3. The van der Waals surface area contributed by atoms with Crippen LogP contribution in [0.15, 0.2) is 60.0 Å². The molecule has 3 nitrogen and oxygen atoms in total. The Morgan fingerprint density at radius 2 is 1.70 bits per heavy atom. The van der Waals surface area contributed by atoms with Crippen molar-refractivity contribution >= 4 is 19.7 Å². The molecule has 0 saturated heterocycles. The van der Waals surface area contributed by atoms with Crippen molar-refractivity contribution in [3.05, 3.63) is 60.4 Å². The quantitative estimate of drug-likeness (QED) is 0.228. The van der Waals surface area contributed by atoms with Crippen LogP contribution in [0.25, 0.3) is 0 Å². The van der Waals surface area contributed by atoms with Crippen LogP contribution in [0, 0.1) is 0 Å². The van der Waals surface area contributed by atoms with Gasteiger partial charge in [0.1, 0.15) is 6.54 Å². The number of hydrogen-bond donors (Lipinski definition) is 0. The van der Waals surface area contributed by atoms with Crippen LogP contribution in [0.1, 0.15) is 31.2 Å². The predicted octanol–water partition coefficient (Wildman–Crippen LogP) is 3.59. The lowest BCUT2D eigenvalue weighted by Crippen LogP contribution is -2.32. The van der Waals surface area contributed by atoms with Crippen LogP contribution in [0.3, 0.4) is 0 Å². The van der Waals surface area contributed by atoms with Gasteiger partial charge in [0.25, 0.3) is 0 Å². The van der Waals surface area contributed by atoms with E-state index in [9.17, 15) is 0 Å². The molecule has 23 heavy (non-hydrogen) atoms. The average Bonchev–Trinajstić information content (AvgIpc) is 2.61. The fourth-order valence-corrected chi connectivity index (χ4v) is 2.36. The van der Waals surface area contributed by atoms with E-state index in [4.69, 9.17) is 7.85 Å². The predicted molar refractivity (Wildman–Crippen MR) is 98.1 cm³/mol. The van der Waals surface area contributed by atoms with Gasteiger partial charge in [0.2, 0.25) is 0 Å². The normalized spacial score (nSPS) is 11.0. The summed E-state index contributed by atoms with van der Waals surface area (Å²) >= 11 is 0. The Morgan fingerprint density at radius 3 is 2.39 bits per heavy atom. The molecule has 0 saturated carbocycles. The van der Waals surface area contributed by atoms with E-state index in [1.54, 1.807) is 0 Å². The minimum absolute atomic E-state index is 0.804. The molecule has 0 aliphatic heterocycles. The van der Waals surface area contributed by atoms with Crippen molar-refractivity contribution in [3.63, 3.8) is 0 Å². The molecular formula is C19H25BN3+. The molecule has 2 rings (SSSR count). The lowest BCUT2D eigenvalue weighted by atomic mass is 9.99. The summed E-state index contributed by atoms with van der Waals surface area (Å²) in [6.07, 6.45) is 11.7. The van der Waals surface area contributed by atoms with Gasteiger partial charge in [-0.25, -0.2) is 4.57 Å². The number of unbranched alkanes of at least 4 members (excludes halogenated alkanes) is 3. The zero-order valence-corrected chi connectivity index (χ0v) is 13.9. The van der Waals surface area contributed by atoms with Crippen LogP contribution >= 0.6 is 0 Å². The monoisotopic (exact) mass is 306 g/mol. The highest BCUT2D eigenvalue weighted by atomic mass is 15.4. The van der Waals surface area contributed by atoms with E-state index in [-0.39, 0.29) is 0 Å². The first-order valence-corrected chi connectivity index (χ1v) is 8.31. The van der Waals surface area contributed by atoms with Crippen molar-refractivity contribution < 1.29 is 4.57 Å². The average molecular weight is 306 g/mol. The first-order valence-electron chi connectivity index (χ1n) is 8.31. The van der Waals surface area contributed by atoms with E-state index in [0.29, 0.717) is 0 Å². The molecule has 118 valence electrons. The summed E-state index contributed by atoms with van der Waals surface area (Å²) in [6, 6.07) is 14.3. The molecule has 0 bridgehead atoms. The summed E-state index contributed by atoms with van der Waals surface area (Å²) in [5, 5.41) is 6.35.